The van der Waals surface area contributed by atoms with Crippen LogP contribution in [0.1, 0.15) is 35.2 Å². The largest absolute Gasteiger partial charge is 0.478 e. The summed E-state index contributed by atoms with van der Waals surface area (Å²) < 4.78 is 5.33. The summed E-state index contributed by atoms with van der Waals surface area (Å²) >= 11 is 0. The van der Waals surface area contributed by atoms with E-state index in [9.17, 15) is 4.79 Å². The maximum atomic E-state index is 10.7. The lowest BCUT2D eigenvalue weighted by Crippen LogP contribution is -2.26. The average molecular weight is 249 g/mol. The Hall–Kier alpha value is -1.39. The molecule has 0 heterocycles. The molecule has 0 spiro atoms. The molecule has 2 rings (SSSR count). The van der Waals surface area contributed by atoms with Crippen molar-refractivity contribution in [1.29, 1.82) is 0 Å². The smallest absolute Gasteiger partial charge is 0.335 e. The zero-order valence-corrected chi connectivity index (χ0v) is 10.6. The molecule has 0 bridgehead atoms. The van der Waals surface area contributed by atoms with E-state index in [4.69, 9.17) is 9.84 Å². The van der Waals surface area contributed by atoms with Crippen molar-refractivity contribution >= 4 is 5.97 Å². The summed E-state index contributed by atoms with van der Waals surface area (Å²) in [5, 5.41) is 12.3. The van der Waals surface area contributed by atoms with Crippen molar-refractivity contribution in [3.8, 4) is 0 Å². The Balaban J connectivity index is 1.82. The number of hydrogen-bond donors (Lipinski definition) is 2. The quantitative estimate of drug-likeness (QED) is 0.838. The van der Waals surface area contributed by atoms with Crippen LogP contribution in [0.25, 0.3) is 0 Å². The highest BCUT2D eigenvalue weighted by atomic mass is 16.5. The molecule has 0 saturated heterocycles. The van der Waals surface area contributed by atoms with E-state index in [0.29, 0.717) is 17.7 Å². The average Bonchev–Trinajstić information content (AvgIpc) is 2.85. The molecule has 2 N–H and O–H groups in total. The fourth-order valence-electron chi connectivity index (χ4n) is 2.37. The molecule has 18 heavy (non-hydrogen) atoms. The van der Waals surface area contributed by atoms with Crippen molar-refractivity contribution in [2.24, 2.45) is 0 Å². The molecule has 0 aliphatic heterocycles. The molecule has 1 aromatic carbocycles. The number of aromatic carboxylic acids is 1. The Morgan fingerprint density at radius 2 is 2.11 bits per heavy atom. The fourth-order valence-corrected chi connectivity index (χ4v) is 2.37. The summed E-state index contributed by atoms with van der Waals surface area (Å²) in [6, 6.07) is 7.52. The van der Waals surface area contributed by atoms with Gasteiger partial charge in [-0.15, -0.1) is 0 Å². The van der Waals surface area contributed by atoms with Gasteiger partial charge in [0.15, 0.2) is 0 Å². The maximum absolute atomic E-state index is 10.7. The molecule has 4 nitrogen and oxygen atoms in total. The molecule has 2 atom stereocenters. The molecule has 1 fully saturated rings. The van der Waals surface area contributed by atoms with Crippen LogP contribution in [0.2, 0.25) is 0 Å². The second-order valence-corrected chi connectivity index (χ2v) is 4.75. The summed E-state index contributed by atoms with van der Waals surface area (Å²) in [7, 11) is 1.76. The first-order valence-corrected chi connectivity index (χ1v) is 6.27. The highest BCUT2D eigenvalue weighted by Gasteiger charge is 2.23. The van der Waals surface area contributed by atoms with Crippen molar-refractivity contribution in [3.63, 3.8) is 0 Å². The lowest BCUT2D eigenvalue weighted by molar-refractivity contribution is 0.0697. The van der Waals surface area contributed by atoms with Gasteiger partial charge in [-0.25, -0.2) is 4.79 Å². The van der Waals surface area contributed by atoms with Crippen LogP contribution >= 0.6 is 0 Å². The second kappa shape index (κ2) is 5.98. The number of nitrogens with one attached hydrogen (secondary N) is 1. The standard InChI is InChI=1S/C14H19NO3/c1-18-13-7-6-12(8-13)15-9-10-2-4-11(5-3-10)14(16)17/h2-5,12-13,15H,6-9H2,1H3,(H,16,17). The molecule has 1 aliphatic rings. The van der Waals surface area contributed by atoms with Crippen LogP contribution in [-0.4, -0.2) is 30.3 Å². The lowest BCUT2D eigenvalue weighted by atomic mass is 10.1. The van der Waals surface area contributed by atoms with Gasteiger partial charge in [-0.3, -0.25) is 0 Å². The zero-order chi connectivity index (χ0) is 13.0. The molecular formula is C14H19NO3. The van der Waals surface area contributed by atoms with Gasteiger partial charge in [0.1, 0.15) is 0 Å². The Morgan fingerprint density at radius 1 is 1.39 bits per heavy atom. The number of ether oxygens (including phenoxy) is 1. The van der Waals surface area contributed by atoms with Crippen LogP contribution in [0.5, 0.6) is 0 Å². The van der Waals surface area contributed by atoms with E-state index in [0.717, 1.165) is 31.4 Å². The third-order valence-electron chi connectivity index (χ3n) is 3.51. The normalized spacial score (nSPS) is 23.2. The number of methoxy groups -OCH3 is 1. The molecule has 0 radical (unpaired) electrons. The highest BCUT2D eigenvalue weighted by molar-refractivity contribution is 5.87. The number of rotatable bonds is 5. The summed E-state index contributed by atoms with van der Waals surface area (Å²) in [6.45, 7) is 0.779. The van der Waals surface area contributed by atoms with Gasteiger partial charge in [0.25, 0.3) is 0 Å². The maximum Gasteiger partial charge on any atom is 0.335 e. The molecule has 98 valence electrons. The summed E-state index contributed by atoms with van der Waals surface area (Å²) in [4.78, 5) is 10.7. The van der Waals surface area contributed by atoms with Crippen LogP contribution in [-0.2, 0) is 11.3 Å². The molecular weight excluding hydrogens is 230 g/mol. The number of hydrogen-bond acceptors (Lipinski definition) is 3. The van der Waals surface area contributed by atoms with Gasteiger partial charge in [0, 0.05) is 19.7 Å². The molecule has 0 aromatic heterocycles. The monoisotopic (exact) mass is 249 g/mol. The first-order chi connectivity index (χ1) is 8.69. The third kappa shape index (κ3) is 3.31. The number of carbonyl (C=O) groups is 1. The topological polar surface area (TPSA) is 58.6 Å². The Bertz CT molecular complexity index is 402. The predicted molar refractivity (Wildman–Crippen MR) is 68.7 cm³/mol. The Kier molecular flexibility index (Phi) is 4.33. The van der Waals surface area contributed by atoms with Gasteiger partial charge in [0.05, 0.1) is 11.7 Å². The van der Waals surface area contributed by atoms with Crippen molar-refractivity contribution in [1.82, 2.24) is 5.32 Å². The molecule has 1 aliphatic carbocycles. The van der Waals surface area contributed by atoms with Crippen molar-refractivity contribution < 1.29 is 14.6 Å². The van der Waals surface area contributed by atoms with Crippen LogP contribution in [0, 0.1) is 0 Å². The van der Waals surface area contributed by atoms with Gasteiger partial charge in [-0.05, 0) is 37.0 Å². The van der Waals surface area contributed by atoms with Gasteiger partial charge >= 0.3 is 5.97 Å². The Labute approximate surface area is 107 Å². The van der Waals surface area contributed by atoms with Crippen molar-refractivity contribution in [3.05, 3.63) is 35.4 Å². The summed E-state index contributed by atoms with van der Waals surface area (Å²) in [5.74, 6) is -0.881. The van der Waals surface area contributed by atoms with Gasteiger partial charge in [-0.2, -0.15) is 0 Å². The molecule has 1 aromatic rings. The Morgan fingerprint density at radius 3 is 2.67 bits per heavy atom. The van der Waals surface area contributed by atoms with E-state index in [-0.39, 0.29) is 0 Å². The van der Waals surface area contributed by atoms with Crippen molar-refractivity contribution in [2.75, 3.05) is 7.11 Å². The lowest BCUT2D eigenvalue weighted by Gasteiger charge is -2.12. The minimum absolute atomic E-state index is 0.332. The van der Waals surface area contributed by atoms with E-state index in [1.54, 1.807) is 19.2 Å². The van der Waals surface area contributed by atoms with Crippen LogP contribution in [0.3, 0.4) is 0 Å². The molecule has 2 unspecified atom stereocenters. The first-order valence-electron chi connectivity index (χ1n) is 6.27. The fraction of sp³-hybridized carbons (Fsp3) is 0.500. The second-order valence-electron chi connectivity index (χ2n) is 4.75. The van der Waals surface area contributed by atoms with Gasteiger partial charge in [0.2, 0.25) is 0 Å². The first kappa shape index (κ1) is 13.1. The van der Waals surface area contributed by atoms with E-state index < -0.39 is 5.97 Å². The zero-order valence-electron chi connectivity index (χ0n) is 10.6. The number of carboxylic acids is 1. The van der Waals surface area contributed by atoms with E-state index >= 15 is 0 Å². The van der Waals surface area contributed by atoms with Gasteiger partial charge < -0.3 is 15.2 Å². The number of carboxylic acid groups (broad SMARTS) is 1. The van der Waals surface area contributed by atoms with Crippen molar-refractivity contribution in [2.45, 2.75) is 38.0 Å². The summed E-state index contributed by atoms with van der Waals surface area (Å²) in [5.41, 5.74) is 1.44. The molecule has 1 saturated carbocycles. The third-order valence-corrected chi connectivity index (χ3v) is 3.51. The minimum atomic E-state index is -0.881. The van der Waals surface area contributed by atoms with E-state index in [1.165, 1.54) is 0 Å². The summed E-state index contributed by atoms with van der Waals surface area (Å²) in [6.07, 6.45) is 3.71. The number of benzene rings is 1. The van der Waals surface area contributed by atoms with Crippen LogP contribution in [0.15, 0.2) is 24.3 Å². The van der Waals surface area contributed by atoms with Gasteiger partial charge in [-0.1, -0.05) is 12.1 Å². The predicted octanol–water partition coefficient (Wildman–Crippen LogP) is 2.04. The molecule has 4 heteroatoms. The van der Waals surface area contributed by atoms with E-state index in [1.807, 2.05) is 12.1 Å². The SMILES string of the molecule is COC1CCC(NCc2ccc(C(=O)O)cc2)C1. The highest BCUT2D eigenvalue weighted by Crippen LogP contribution is 2.21. The van der Waals surface area contributed by atoms with E-state index in [2.05, 4.69) is 5.32 Å². The minimum Gasteiger partial charge on any atom is -0.478 e. The van der Waals surface area contributed by atoms with Crippen LogP contribution in [0.4, 0.5) is 0 Å². The molecule has 0 amide bonds. The van der Waals surface area contributed by atoms with Crippen LogP contribution < -0.4 is 5.32 Å².